The number of alkyl halides is 3. The van der Waals surface area contributed by atoms with Crippen LogP contribution in [0.3, 0.4) is 0 Å². The van der Waals surface area contributed by atoms with Gasteiger partial charge in [-0.15, -0.1) is 0 Å². The molecule has 0 bridgehead atoms. The van der Waals surface area contributed by atoms with Gasteiger partial charge in [0.2, 0.25) is 0 Å². The molecule has 24 heavy (non-hydrogen) atoms. The number of pyridine rings is 1. The lowest BCUT2D eigenvalue weighted by Gasteiger charge is -2.34. The number of rotatable bonds is 3. The molecule has 1 fully saturated rings. The first-order chi connectivity index (χ1) is 11.5. The Hall–Kier alpha value is -2.67. The van der Waals surface area contributed by atoms with E-state index in [2.05, 4.69) is 15.1 Å². The summed E-state index contributed by atoms with van der Waals surface area (Å²) in [4.78, 5) is 10.0. The first kappa shape index (κ1) is 16.2. The lowest BCUT2D eigenvalue weighted by Crippen LogP contribution is -2.40. The minimum absolute atomic E-state index is 0.225. The van der Waals surface area contributed by atoms with Crippen molar-refractivity contribution >= 4 is 5.82 Å². The second-order valence-corrected chi connectivity index (χ2v) is 5.19. The van der Waals surface area contributed by atoms with Gasteiger partial charge in [-0.25, -0.2) is 14.6 Å². The quantitative estimate of drug-likeness (QED) is 0.847. The Kier molecular flexibility index (Phi) is 4.35. The lowest BCUT2D eigenvalue weighted by atomic mass is 10.2. The van der Waals surface area contributed by atoms with Crippen LogP contribution in [0.2, 0.25) is 0 Å². The molecule has 1 atom stereocenters. The highest BCUT2D eigenvalue weighted by molar-refractivity contribution is 5.44. The smallest absolute Gasteiger partial charge is 0.377 e. The van der Waals surface area contributed by atoms with Crippen LogP contribution < -0.4 is 4.90 Å². The molecule has 1 aliphatic heterocycles. The van der Waals surface area contributed by atoms with Gasteiger partial charge in [0.05, 0.1) is 13.2 Å². The Balaban J connectivity index is 1.86. The van der Waals surface area contributed by atoms with Gasteiger partial charge in [-0.2, -0.15) is 23.5 Å². The second kappa shape index (κ2) is 6.45. The maximum absolute atomic E-state index is 12.5. The number of nitriles is 1. The standard InChI is InChI=1S/C14H13F3N6O/c15-14(16,17)8-22-9-19-13(21-22)11-7-24-5-4-23(11)12-3-1-2-10(6-18)20-12/h1-3,9,11H,4-5,7-8H2. The maximum Gasteiger partial charge on any atom is 0.408 e. The van der Waals surface area contributed by atoms with Crippen molar-refractivity contribution in [1.82, 2.24) is 19.7 Å². The van der Waals surface area contributed by atoms with Crippen molar-refractivity contribution < 1.29 is 17.9 Å². The van der Waals surface area contributed by atoms with Crippen LogP contribution in [0, 0.1) is 11.3 Å². The predicted octanol–water partition coefficient (Wildman–Crippen LogP) is 1.68. The van der Waals surface area contributed by atoms with E-state index in [1.165, 1.54) is 0 Å². The molecule has 0 radical (unpaired) electrons. The van der Waals surface area contributed by atoms with E-state index in [9.17, 15) is 13.2 Å². The highest BCUT2D eigenvalue weighted by atomic mass is 19.4. The Labute approximate surface area is 135 Å². The van der Waals surface area contributed by atoms with Crippen LogP contribution in [0.25, 0.3) is 0 Å². The van der Waals surface area contributed by atoms with Gasteiger partial charge in [0, 0.05) is 6.54 Å². The normalized spacial score (nSPS) is 18.4. The molecule has 1 aliphatic rings. The summed E-state index contributed by atoms with van der Waals surface area (Å²) in [7, 11) is 0. The number of ether oxygens (including phenoxy) is 1. The molecule has 1 unspecified atom stereocenters. The van der Waals surface area contributed by atoms with Gasteiger partial charge in [0.1, 0.15) is 36.5 Å². The highest BCUT2D eigenvalue weighted by Gasteiger charge is 2.32. The average molecular weight is 338 g/mol. The topological polar surface area (TPSA) is 79.9 Å². The molecule has 2 aromatic heterocycles. The summed E-state index contributed by atoms with van der Waals surface area (Å²) in [5, 5.41) is 12.9. The van der Waals surface area contributed by atoms with E-state index >= 15 is 0 Å². The molecule has 0 spiro atoms. The molecule has 2 aromatic rings. The van der Waals surface area contributed by atoms with Crippen LogP contribution in [-0.2, 0) is 11.3 Å². The summed E-state index contributed by atoms with van der Waals surface area (Å²) in [6, 6.07) is 6.50. The van der Waals surface area contributed by atoms with E-state index in [0.29, 0.717) is 19.0 Å². The van der Waals surface area contributed by atoms with E-state index in [1.54, 1.807) is 18.2 Å². The predicted molar refractivity (Wildman–Crippen MR) is 75.9 cm³/mol. The fourth-order valence-corrected chi connectivity index (χ4v) is 2.46. The van der Waals surface area contributed by atoms with Crippen molar-refractivity contribution in [3.05, 3.63) is 36.0 Å². The van der Waals surface area contributed by atoms with Crippen molar-refractivity contribution in [3.8, 4) is 6.07 Å². The van der Waals surface area contributed by atoms with Gasteiger partial charge in [-0.05, 0) is 12.1 Å². The molecule has 0 N–H and O–H groups in total. The van der Waals surface area contributed by atoms with E-state index < -0.39 is 18.8 Å². The number of hydrogen-bond donors (Lipinski definition) is 0. The first-order valence-corrected chi connectivity index (χ1v) is 7.14. The number of hydrogen-bond acceptors (Lipinski definition) is 6. The van der Waals surface area contributed by atoms with Crippen LogP contribution in [0.4, 0.5) is 19.0 Å². The molecule has 7 nitrogen and oxygen atoms in total. The van der Waals surface area contributed by atoms with Gasteiger partial charge >= 0.3 is 6.18 Å². The van der Waals surface area contributed by atoms with Crippen molar-refractivity contribution in [3.63, 3.8) is 0 Å². The van der Waals surface area contributed by atoms with Crippen molar-refractivity contribution in [2.45, 2.75) is 18.8 Å². The van der Waals surface area contributed by atoms with Gasteiger partial charge < -0.3 is 9.64 Å². The van der Waals surface area contributed by atoms with E-state index in [1.807, 2.05) is 11.0 Å². The van der Waals surface area contributed by atoms with Crippen molar-refractivity contribution in [2.24, 2.45) is 0 Å². The number of aromatic nitrogens is 4. The van der Waals surface area contributed by atoms with Crippen LogP contribution in [-0.4, -0.2) is 45.7 Å². The summed E-state index contributed by atoms with van der Waals surface area (Å²) < 4.78 is 43.5. The molecule has 3 rings (SSSR count). The SMILES string of the molecule is N#Cc1cccc(N2CCOCC2c2ncn(CC(F)(F)F)n2)n1. The maximum atomic E-state index is 12.5. The fourth-order valence-electron chi connectivity index (χ4n) is 2.46. The molecule has 1 saturated heterocycles. The number of morpholine rings is 1. The second-order valence-electron chi connectivity index (χ2n) is 5.19. The third-order valence-electron chi connectivity index (χ3n) is 3.47. The Morgan fingerprint density at radius 3 is 2.96 bits per heavy atom. The van der Waals surface area contributed by atoms with Crippen LogP contribution in [0.5, 0.6) is 0 Å². The monoisotopic (exact) mass is 338 g/mol. The molecular weight excluding hydrogens is 325 g/mol. The zero-order valence-corrected chi connectivity index (χ0v) is 12.4. The van der Waals surface area contributed by atoms with Crippen LogP contribution in [0.15, 0.2) is 24.5 Å². The average Bonchev–Trinajstić information content (AvgIpc) is 3.01. The third-order valence-corrected chi connectivity index (χ3v) is 3.47. The number of nitrogens with zero attached hydrogens (tertiary/aromatic N) is 6. The summed E-state index contributed by atoms with van der Waals surface area (Å²) in [5.74, 6) is 0.762. The number of anilines is 1. The molecule has 0 saturated carbocycles. The first-order valence-electron chi connectivity index (χ1n) is 7.14. The third kappa shape index (κ3) is 3.62. The van der Waals surface area contributed by atoms with Crippen molar-refractivity contribution in [2.75, 3.05) is 24.7 Å². The summed E-state index contributed by atoms with van der Waals surface area (Å²) in [5.41, 5.74) is 0.258. The van der Waals surface area contributed by atoms with Gasteiger partial charge in [0.25, 0.3) is 0 Å². The summed E-state index contributed by atoms with van der Waals surface area (Å²) in [6.07, 6.45) is -3.31. The van der Waals surface area contributed by atoms with E-state index in [-0.39, 0.29) is 18.1 Å². The highest BCUT2D eigenvalue weighted by Crippen LogP contribution is 2.27. The summed E-state index contributed by atoms with van der Waals surface area (Å²) in [6.45, 7) is -0.0528. The Bertz CT molecular complexity index is 753. The van der Waals surface area contributed by atoms with Gasteiger partial charge in [-0.1, -0.05) is 6.07 Å². The van der Waals surface area contributed by atoms with E-state index in [4.69, 9.17) is 10.00 Å². The Morgan fingerprint density at radius 2 is 2.21 bits per heavy atom. The zero-order chi connectivity index (χ0) is 17.2. The molecule has 0 aliphatic carbocycles. The van der Waals surface area contributed by atoms with Crippen LogP contribution in [0.1, 0.15) is 17.6 Å². The van der Waals surface area contributed by atoms with Gasteiger partial charge in [-0.3, -0.25) is 0 Å². The Morgan fingerprint density at radius 1 is 1.38 bits per heavy atom. The number of halogens is 3. The largest absolute Gasteiger partial charge is 0.408 e. The minimum Gasteiger partial charge on any atom is -0.377 e. The molecule has 3 heterocycles. The summed E-state index contributed by atoms with van der Waals surface area (Å²) >= 11 is 0. The van der Waals surface area contributed by atoms with E-state index in [0.717, 1.165) is 11.0 Å². The zero-order valence-electron chi connectivity index (χ0n) is 12.4. The minimum atomic E-state index is -4.36. The van der Waals surface area contributed by atoms with Crippen molar-refractivity contribution in [1.29, 1.82) is 5.26 Å². The van der Waals surface area contributed by atoms with Crippen LogP contribution >= 0.6 is 0 Å². The fraction of sp³-hybridized carbons (Fsp3) is 0.429. The molecule has 0 amide bonds. The lowest BCUT2D eigenvalue weighted by molar-refractivity contribution is -0.142. The molecule has 10 heteroatoms. The molecule has 126 valence electrons. The van der Waals surface area contributed by atoms with Gasteiger partial charge in [0.15, 0.2) is 5.82 Å². The molecule has 0 aromatic carbocycles. The molecular formula is C14H13F3N6O.